The quantitative estimate of drug-likeness (QED) is 0.504. The zero-order valence-electron chi connectivity index (χ0n) is 8.81. The minimum absolute atomic E-state index is 0.683. The number of hydrogen-bond donors (Lipinski definition) is 2. The molecule has 1 aromatic rings. The number of nitrogen functional groups attached to an aromatic ring is 1. The van der Waals surface area contributed by atoms with Gasteiger partial charge in [-0.15, -0.1) is 0 Å². The van der Waals surface area contributed by atoms with Gasteiger partial charge in [0.15, 0.2) is 0 Å². The van der Waals surface area contributed by atoms with Crippen LogP contribution in [0.5, 0.6) is 0 Å². The maximum Gasteiger partial charge on any atom is 0.0405 e. The molecule has 13 heavy (non-hydrogen) atoms. The predicted octanol–water partition coefficient (Wildman–Crippen LogP) is 2.91. The van der Waals surface area contributed by atoms with Crippen molar-refractivity contribution in [3.63, 3.8) is 0 Å². The van der Waals surface area contributed by atoms with Crippen LogP contribution in [0.2, 0.25) is 0 Å². The van der Waals surface area contributed by atoms with Gasteiger partial charge < -0.3 is 11.1 Å². The van der Waals surface area contributed by atoms with Crippen molar-refractivity contribution in [2.45, 2.75) is 27.7 Å². The summed E-state index contributed by atoms with van der Waals surface area (Å²) >= 11 is 0. The highest BCUT2D eigenvalue weighted by molar-refractivity contribution is 5.87. The van der Waals surface area contributed by atoms with E-state index in [2.05, 4.69) is 0 Å². The third kappa shape index (κ3) is 2.58. The van der Waals surface area contributed by atoms with Crippen molar-refractivity contribution in [1.82, 2.24) is 0 Å². The first kappa shape index (κ1) is 11.7. The molecule has 2 heteroatoms. The van der Waals surface area contributed by atoms with E-state index in [1.807, 2.05) is 39.8 Å². The van der Waals surface area contributed by atoms with Crippen LogP contribution in [0.25, 0.3) is 0 Å². The van der Waals surface area contributed by atoms with Gasteiger partial charge in [0, 0.05) is 17.5 Å². The van der Waals surface area contributed by atoms with E-state index in [4.69, 9.17) is 11.1 Å². The maximum atomic E-state index is 7.12. The van der Waals surface area contributed by atoms with Crippen LogP contribution < -0.4 is 5.73 Å². The summed E-state index contributed by atoms with van der Waals surface area (Å²) in [5, 5.41) is 7.12. The number of nitrogens with two attached hydrogens (primary N) is 1. The number of anilines is 1. The van der Waals surface area contributed by atoms with Gasteiger partial charge in [0.25, 0.3) is 0 Å². The van der Waals surface area contributed by atoms with Crippen molar-refractivity contribution in [3.05, 3.63) is 28.8 Å². The van der Waals surface area contributed by atoms with Crippen molar-refractivity contribution in [2.75, 3.05) is 5.73 Å². The van der Waals surface area contributed by atoms with Crippen LogP contribution in [0, 0.1) is 19.3 Å². The first-order valence-corrected chi connectivity index (χ1v) is 4.53. The zero-order chi connectivity index (χ0) is 10.4. The lowest BCUT2D eigenvalue weighted by atomic mass is 10.0. The van der Waals surface area contributed by atoms with Crippen LogP contribution in [0.4, 0.5) is 5.69 Å². The highest BCUT2D eigenvalue weighted by Gasteiger charge is 2.01. The molecule has 0 bridgehead atoms. The van der Waals surface area contributed by atoms with E-state index in [9.17, 15) is 0 Å². The van der Waals surface area contributed by atoms with E-state index in [-0.39, 0.29) is 0 Å². The van der Waals surface area contributed by atoms with Crippen LogP contribution in [0.15, 0.2) is 12.1 Å². The molecule has 0 aromatic heterocycles. The summed E-state index contributed by atoms with van der Waals surface area (Å²) in [7, 11) is 0. The Labute approximate surface area is 80.3 Å². The third-order valence-corrected chi connectivity index (χ3v) is 1.96. The van der Waals surface area contributed by atoms with Crippen molar-refractivity contribution in [1.29, 1.82) is 5.41 Å². The van der Waals surface area contributed by atoms with Gasteiger partial charge >= 0.3 is 0 Å². The molecular formula is C11H18N2. The molecule has 0 saturated heterocycles. The lowest BCUT2D eigenvalue weighted by molar-refractivity contribution is 1.33. The Morgan fingerprint density at radius 3 is 2.15 bits per heavy atom. The smallest absolute Gasteiger partial charge is 0.0405 e. The summed E-state index contributed by atoms with van der Waals surface area (Å²) in [4.78, 5) is 0. The molecule has 1 aromatic carbocycles. The summed E-state index contributed by atoms with van der Waals surface area (Å²) < 4.78 is 0. The van der Waals surface area contributed by atoms with E-state index in [0.29, 0.717) is 5.69 Å². The topological polar surface area (TPSA) is 49.9 Å². The largest absolute Gasteiger partial charge is 0.398 e. The second-order valence-corrected chi connectivity index (χ2v) is 2.65. The molecule has 3 N–H and O–H groups in total. The fraction of sp³-hybridized carbons (Fsp3) is 0.364. The molecule has 0 aliphatic carbocycles. The summed E-state index contributed by atoms with van der Waals surface area (Å²) in [5.41, 5.74) is 9.45. The van der Waals surface area contributed by atoms with Crippen molar-refractivity contribution < 1.29 is 0 Å². The first-order valence-electron chi connectivity index (χ1n) is 4.53. The number of hydrogen-bond acceptors (Lipinski definition) is 2. The van der Waals surface area contributed by atoms with E-state index in [0.717, 1.165) is 11.1 Å². The standard InChI is InChI=1S/C9H12N2.C2H6/c1-6-3-4-9(11)8(5-10)7(6)2;1-2/h3-5,10H,11H2,1-2H3;1-2H3. The van der Waals surface area contributed by atoms with Gasteiger partial charge in [0.2, 0.25) is 0 Å². The Balaban J connectivity index is 0.000000671. The summed E-state index contributed by atoms with van der Waals surface area (Å²) in [5.74, 6) is 0. The molecule has 0 unspecified atom stereocenters. The molecule has 0 atom stereocenters. The van der Waals surface area contributed by atoms with Crippen molar-refractivity contribution >= 4 is 11.9 Å². The van der Waals surface area contributed by atoms with E-state index < -0.39 is 0 Å². The predicted molar refractivity (Wildman–Crippen MR) is 59.6 cm³/mol. The highest BCUT2D eigenvalue weighted by Crippen LogP contribution is 2.17. The maximum absolute atomic E-state index is 7.12. The normalized spacial score (nSPS) is 8.62. The lowest BCUT2D eigenvalue weighted by Crippen LogP contribution is -1.97. The molecule has 0 saturated carbocycles. The summed E-state index contributed by atoms with van der Waals surface area (Å²) in [6.45, 7) is 7.99. The zero-order valence-corrected chi connectivity index (χ0v) is 8.81. The SMILES string of the molecule is CC.Cc1ccc(N)c(C=N)c1C. The van der Waals surface area contributed by atoms with Gasteiger partial charge in [0.1, 0.15) is 0 Å². The molecule has 0 fully saturated rings. The van der Waals surface area contributed by atoms with Gasteiger partial charge in [-0.3, -0.25) is 0 Å². The van der Waals surface area contributed by atoms with Crippen LogP contribution in [-0.2, 0) is 0 Å². The van der Waals surface area contributed by atoms with Gasteiger partial charge in [-0.1, -0.05) is 19.9 Å². The molecular weight excluding hydrogens is 160 g/mol. The molecule has 1 rings (SSSR count). The lowest BCUT2D eigenvalue weighted by Gasteiger charge is -2.06. The summed E-state index contributed by atoms with van der Waals surface area (Å²) in [6.07, 6.45) is 1.30. The Morgan fingerprint density at radius 2 is 1.77 bits per heavy atom. The molecule has 0 spiro atoms. The molecule has 0 radical (unpaired) electrons. The average molecular weight is 178 g/mol. The second kappa shape index (κ2) is 5.36. The number of nitrogens with one attached hydrogen (secondary N) is 1. The second-order valence-electron chi connectivity index (χ2n) is 2.65. The molecule has 72 valence electrons. The summed E-state index contributed by atoms with van der Waals surface area (Å²) in [6, 6.07) is 3.81. The van der Waals surface area contributed by atoms with Gasteiger partial charge in [0.05, 0.1) is 0 Å². The Bertz CT molecular complexity index is 290. The van der Waals surface area contributed by atoms with Crippen molar-refractivity contribution in [3.8, 4) is 0 Å². The van der Waals surface area contributed by atoms with E-state index >= 15 is 0 Å². The van der Waals surface area contributed by atoms with Crippen LogP contribution >= 0.6 is 0 Å². The molecule has 2 nitrogen and oxygen atoms in total. The molecule has 0 heterocycles. The fourth-order valence-corrected chi connectivity index (χ4v) is 1.05. The molecule has 0 amide bonds. The molecule has 0 aliphatic heterocycles. The van der Waals surface area contributed by atoms with Gasteiger partial charge in [-0.25, -0.2) is 0 Å². The number of rotatable bonds is 1. The highest BCUT2D eigenvalue weighted by atomic mass is 14.6. The Kier molecular flexibility index (Phi) is 4.82. The monoisotopic (exact) mass is 178 g/mol. The van der Waals surface area contributed by atoms with Crippen LogP contribution in [0.1, 0.15) is 30.5 Å². The first-order chi connectivity index (χ1) is 6.16. The minimum atomic E-state index is 0.683. The van der Waals surface area contributed by atoms with E-state index in [1.54, 1.807) is 0 Å². The Morgan fingerprint density at radius 1 is 1.23 bits per heavy atom. The van der Waals surface area contributed by atoms with Gasteiger partial charge in [-0.05, 0) is 31.0 Å². The molecule has 0 aliphatic rings. The third-order valence-electron chi connectivity index (χ3n) is 1.96. The average Bonchev–Trinajstić information content (AvgIpc) is 2.16. The number of benzene rings is 1. The Hall–Kier alpha value is -1.31. The van der Waals surface area contributed by atoms with Crippen molar-refractivity contribution in [2.24, 2.45) is 0 Å². The minimum Gasteiger partial charge on any atom is -0.398 e. The number of aryl methyl sites for hydroxylation is 1. The van der Waals surface area contributed by atoms with Gasteiger partial charge in [-0.2, -0.15) is 0 Å². The van der Waals surface area contributed by atoms with E-state index in [1.165, 1.54) is 11.8 Å². The van der Waals surface area contributed by atoms with Crippen LogP contribution in [-0.4, -0.2) is 6.21 Å². The van der Waals surface area contributed by atoms with Crippen LogP contribution in [0.3, 0.4) is 0 Å². The fourth-order valence-electron chi connectivity index (χ4n) is 1.05.